The summed E-state index contributed by atoms with van der Waals surface area (Å²) in [5, 5.41) is 11.3. The van der Waals surface area contributed by atoms with E-state index in [9.17, 15) is 5.26 Å². The van der Waals surface area contributed by atoms with Gasteiger partial charge in [0.2, 0.25) is 0 Å². The number of hydrogen-bond donors (Lipinski definition) is 0. The van der Waals surface area contributed by atoms with Gasteiger partial charge in [0.25, 0.3) is 0 Å². The summed E-state index contributed by atoms with van der Waals surface area (Å²) in [5.74, 6) is 0.782. The maximum Gasteiger partial charge on any atom is 0.115 e. The predicted molar refractivity (Wildman–Crippen MR) is 89.4 cm³/mol. The van der Waals surface area contributed by atoms with Crippen LogP contribution < -0.4 is 0 Å². The second kappa shape index (κ2) is 7.03. The normalized spacial score (nSPS) is 26.3. The van der Waals surface area contributed by atoms with Crippen LogP contribution >= 0.6 is 23.4 Å². The lowest BCUT2D eigenvalue weighted by molar-refractivity contribution is 0.144. The van der Waals surface area contributed by atoms with Gasteiger partial charge in [0.1, 0.15) is 5.03 Å². The van der Waals surface area contributed by atoms with Crippen molar-refractivity contribution in [2.75, 3.05) is 0 Å². The summed E-state index contributed by atoms with van der Waals surface area (Å²) >= 11 is 7.91. The molecule has 3 atom stereocenters. The van der Waals surface area contributed by atoms with Crippen molar-refractivity contribution < 1.29 is 0 Å². The zero-order chi connectivity index (χ0) is 15.5. The molecule has 0 aromatic carbocycles. The van der Waals surface area contributed by atoms with E-state index in [1.807, 2.05) is 12.1 Å². The van der Waals surface area contributed by atoms with Crippen molar-refractivity contribution in [2.45, 2.75) is 56.7 Å². The highest BCUT2D eigenvalue weighted by atomic mass is 35.5. The minimum absolute atomic E-state index is 0.108. The maximum atomic E-state index is 9.44. The molecule has 1 aromatic heterocycles. The molecular formula is C17H23ClN2S. The SMILES string of the molecule is CCC(C)(C)C1CCC(C#N)C(Sc2ncccc2Cl)C1. The van der Waals surface area contributed by atoms with E-state index in [0.717, 1.165) is 24.3 Å². The molecule has 0 spiro atoms. The Bertz CT molecular complexity index is 524. The number of nitriles is 1. The fraction of sp³-hybridized carbons (Fsp3) is 0.647. The first-order valence-electron chi connectivity index (χ1n) is 7.64. The van der Waals surface area contributed by atoms with Crippen LogP contribution in [0.15, 0.2) is 23.4 Å². The minimum Gasteiger partial charge on any atom is -0.248 e. The van der Waals surface area contributed by atoms with Crippen molar-refractivity contribution in [3.8, 4) is 6.07 Å². The van der Waals surface area contributed by atoms with Crippen molar-refractivity contribution in [2.24, 2.45) is 17.3 Å². The number of thioether (sulfide) groups is 1. The maximum absolute atomic E-state index is 9.44. The van der Waals surface area contributed by atoms with Crippen LogP contribution in [0.3, 0.4) is 0 Å². The molecule has 2 rings (SSSR count). The molecule has 0 radical (unpaired) electrons. The summed E-state index contributed by atoms with van der Waals surface area (Å²) in [7, 11) is 0. The van der Waals surface area contributed by atoms with Gasteiger partial charge in [-0.25, -0.2) is 4.98 Å². The van der Waals surface area contributed by atoms with E-state index >= 15 is 0 Å². The van der Waals surface area contributed by atoms with Crippen LogP contribution in [-0.2, 0) is 0 Å². The van der Waals surface area contributed by atoms with Gasteiger partial charge < -0.3 is 0 Å². The Labute approximate surface area is 137 Å². The van der Waals surface area contributed by atoms with Gasteiger partial charge in [0.15, 0.2) is 0 Å². The average molecular weight is 323 g/mol. The minimum atomic E-state index is 0.108. The van der Waals surface area contributed by atoms with Crippen LogP contribution in [0.1, 0.15) is 46.5 Å². The molecule has 1 aliphatic rings. The Morgan fingerprint density at radius 2 is 2.24 bits per heavy atom. The number of pyridine rings is 1. The van der Waals surface area contributed by atoms with Gasteiger partial charge >= 0.3 is 0 Å². The third kappa shape index (κ3) is 3.93. The van der Waals surface area contributed by atoms with Gasteiger partial charge in [-0.05, 0) is 42.7 Å². The Morgan fingerprint density at radius 1 is 1.48 bits per heavy atom. The molecule has 114 valence electrons. The quantitative estimate of drug-likeness (QED) is 0.727. The number of rotatable bonds is 4. The summed E-state index contributed by atoms with van der Waals surface area (Å²) in [6.45, 7) is 6.95. The average Bonchev–Trinajstić information content (AvgIpc) is 2.49. The van der Waals surface area contributed by atoms with Gasteiger partial charge in [0, 0.05) is 11.4 Å². The highest BCUT2D eigenvalue weighted by molar-refractivity contribution is 8.00. The predicted octanol–water partition coefficient (Wildman–Crippen LogP) is 5.57. The van der Waals surface area contributed by atoms with Gasteiger partial charge in [-0.3, -0.25) is 0 Å². The van der Waals surface area contributed by atoms with E-state index in [-0.39, 0.29) is 5.92 Å². The van der Waals surface area contributed by atoms with Crippen molar-refractivity contribution in [3.05, 3.63) is 23.4 Å². The molecule has 1 heterocycles. The number of nitrogens with zero attached hydrogens (tertiary/aromatic N) is 2. The van der Waals surface area contributed by atoms with Crippen LogP contribution in [0, 0.1) is 28.6 Å². The summed E-state index contributed by atoms with van der Waals surface area (Å²) in [5.41, 5.74) is 0.340. The van der Waals surface area contributed by atoms with Crippen molar-refractivity contribution in [1.82, 2.24) is 4.98 Å². The number of hydrogen-bond acceptors (Lipinski definition) is 3. The molecule has 3 unspecified atom stereocenters. The van der Waals surface area contributed by atoms with E-state index in [4.69, 9.17) is 11.6 Å². The second-order valence-corrected chi connectivity index (χ2v) is 8.17. The van der Waals surface area contributed by atoms with E-state index in [1.165, 1.54) is 6.42 Å². The second-order valence-electron chi connectivity index (χ2n) is 6.53. The summed E-state index contributed by atoms with van der Waals surface area (Å²) in [6.07, 6.45) is 6.18. The van der Waals surface area contributed by atoms with Crippen LogP contribution in [0.25, 0.3) is 0 Å². The molecular weight excluding hydrogens is 300 g/mol. The molecule has 1 fully saturated rings. The van der Waals surface area contributed by atoms with Crippen LogP contribution in [0.4, 0.5) is 0 Å². The molecule has 0 bridgehead atoms. The topological polar surface area (TPSA) is 36.7 Å². The molecule has 1 saturated carbocycles. The largest absolute Gasteiger partial charge is 0.248 e. The first kappa shape index (κ1) is 16.6. The third-order valence-electron chi connectivity index (χ3n) is 4.96. The number of halogens is 1. The zero-order valence-electron chi connectivity index (χ0n) is 13.0. The van der Waals surface area contributed by atoms with E-state index in [2.05, 4.69) is 31.8 Å². The Kier molecular flexibility index (Phi) is 5.57. The van der Waals surface area contributed by atoms with Gasteiger partial charge in [-0.1, -0.05) is 38.8 Å². The summed E-state index contributed by atoms with van der Waals surface area (Å²) in [6, 6.07) is 6.21. The molecule has 0 aliphatic heterocycles. The fourth-order valence-corrected chi connectivity index (χ4v) is 4.54. The smallest absolute Gasteiger partial charge is 0.115 e. The fourth-order valence-electron chi connectivity index (χ4n) is 3.01. The lowest BCUT2D eigenvalue weighted by Crippen LogP contribution is -2.34. The molecule has 4 heteroatoms. The van der Waals surface area contributed by atoms with Crippen molar-refractivity contribution in [3.63, 3.8) is 0 Å². The molecule has 1 aromatic rings. The monoisotopic (exact) mass is 322 g/mol. The van der Waals surface area contributed by atoms with Crippen LogP contribution in [0.2, 0.25) is 5.02 Å². The summed E-state index contributed by atoms with van der Waals surface area (Å²) < 4.78 is 0. The molecule has 21 heavy (non-hydrogen) atoms. The summed E-state index contributed by atoms with van der Waals surface area (Å²) in [4.78, 5) is 4.37. The first-order chi connectivity index (χ1) is 9.97. The van der Waals surface area contributed by atoms with Gasteiger partial charge in [0.05, 0.1) is 17.0 Å². The highest BCUT2D eigenvalue weighted by Gasteiger charge is 2.38. The van der Waals surface area contributed by atoms with Crippen LogP contribution in [-0.4, -0.2) is 10.2 Å². The Hall–Kier alpha value is -0.720. The van der Waals surface area contributed by atoms with E-state index in [0.29, 0.717) is 21.6 Å². The molecule has 1 aliphatic carbocycles. The zero-order valence-corrected chi connectivity index (χ0v) is 14.5. The van der Waals surface area contributed by atoms with Crippen molar-refractivity contribution >= 4 is 23.4 Å². The van der Waals surface area contributed by atoms with E-state index in [1.54, 1.807) is 18.0 Å². The Balaban J connectivity index is 2.15. The third-order valence-corrected chi connectivity index (χ3v) is 6.75. The van der Waals surface area contributed by atoms with Crippen LogP contribution in [0.5, 0.6) is 0 Å². The Morgan fingerprint density at radius 3 is 2.86 bits per heavy atom. The standard InChI is InChI=1S/C17H23ClN2S/c1-4-17(2,3)13-8-7-12(11-19)15(10-13)21-16-14(18)6-5-9-20-16/h5-6,9,12-13,15H,4,7-8,10H2,1-3H3. The van der Waals surface area contributed by atoms with Gasteiger partial charge in [-0.2, -0.15) is 5.26 Å². The lowest BCUT2D eigenvalue weighted by atomic mass is 9.67. The molecule has 2 nitrogen and oxygen atoms in total. The van der Waals surface area contributed by atoms with Gasteiger partial charge in [-0.15, -0.1) is 11.8 Å². The first-order valence-corrected chi connectivity index (χ1v) is 8.90. The van der Waals surface area contributed by atoms with Crippen molar-refractivity contribution in [1.29, 1.82) is 5.26 Å². The number of aromatic nitrogens is 1. The van der Waals surface area contributed by atoms with E-state index < -0.39 is 0 Å². The molecule has 0 saturated heterocycles. The highest BCUT2D eigenvalue weighted by Crippen LogP contribution is 2.47. The molecule has 0 amide bonds. The lowest BCUT2D eigenvalue weighted by Gasteiger charge is -2.41. The molecule has 0 N–H and O–H groups in total.